The summed E-state index contributed by atoms with van der Waals surface area (Å²) in [5, 5.41) is 8.91. The van der Waals surface area contributed by atoms with Gasteiger partial charge in [-0.15, -0.1) is 11.8 Å². The topological polar surface area (TPSA) is 23.8 Å². The molecular formula is C15H13NS2. The number of nitriles is 1. The maximum Gasteiger partial charge on any atom is 0.0670 e. The van der Waals surface area contributed by atoms with E-state index in [4.69, 9.17) is 5.26 Å². The predicted octanol–water partition coefficient (Wildman–Crippen LogP) is 4.63. The fourth-order valence-electron chi connectivity index (χ4n) is 1.62. The van der Waals surface area contributed by atoms with Crippen LogP contribution >= 0.6 is 23.5 Å². The number of rotatable bonds is 4. The van der Waals surface area contributed by atoms with Crippen molar-refractivity contribution in [3.8, 4) is 6.07 Å². The van der Waals surface area contributed by atoms with Gasteiger partial charge in [-0.1, -0.05) is 30.0 Å². The van der Waals surface area contributed by atoms with Crippen molar-refractivity contribution in [2.24, 2.45) is 0 Å². The smallest absolute Gasteiger partial charge is 0.0670 e. The molecule has 0 N–H and O–H groups in total. The number of hydrogen-bond acceptors (Lipinski definition) is 3. The van der Waals surface area contributed by atoms with Gasteiger partial charge in [-0.2, -0.15) is 5.26 Å². The van der Waals surface area contributed by atoms with Crippen LogP contribution in [0.25, 0.3) is 0 Å². The van der Waals surface area contributed by atoms with Crippen LogP contribution in [0.5, 0.6) is 0 Å². The van der Waals surface area contributed by atoms with Crippen molar-refractivity contribution in [1.82, 2.24) is 0 Å². The molecule has 3 heteroatoms. The van der Waals surface area contributed by atoms with E-state index in [9.17, 15) is 0 Å². The molecule has 0 saturated carbocycles. The zero-order valence-corrected chi connectivity index (χ0v) is 11.7. The van der Waals surface area contributed by atoms with Crippen LogP contribution < -0.4 is 0 Å². The van der Waals surface area contributed by atoms with Crippen molar-refractivity contribution in [3.05, 3.63) is 54.1 Å². The SMILES string of the molecule is CSc1ccc(Sc2ccccc2)c(CC#N)c1. The lowest BCUT2D eigenvalue weighted by atomic mass is 10.2. The molecule has 2 aromatic carbocycles. The fourth-order valence-corrected chi connectivity index (χ4v) is 3.03. The maximum atomic E-state index is 8.91. The van der Waals surface area contributed by atoms with Crippen LogP contribution in [0, 0.1) is 11.3 Å². The van der Waals surface area contributed by atoms with Crippen LogP contribution in [0.15, 0.2) is 63.2 Å². The van der Waals surface area contributed by atoms with Crippen molar-refractivity contribution in [2.45, 2.75) is 21.1 Å². The van der Waals surface area contributed by atoms with Gasteiger partial charge in [0.15, 0.2) is 0 Å². The average molecular weight is 271 g/mol. The van der Waals surface area contributed by atoms with Crippen LogP contribution in [0.4, 0.5) is 0 Å². The lowest BCUT2D eigenvalue weighted by Crippen LogP contribution is -1.87. The normalized spacial score (nSPS) is 10.0. The Morgan fingerprint density at radius 2 is 1.83 bits per heavy atom. The van der Waals surface area contributed by atoms with Gasteiger partial charge in [0, 0.05) is 14.7 Å². The Balaban J connectivity index is 2.30. The molecule has 0 bridgehead atoms. The van der Waals surface area contributed by atoms with Gasteiger partial charge in [0.1, 0.15) is 0 Å². The van der Waals surface area contributed by atoms with Crippen molar-refractivity contribution in [2.75, 3.05) is 6.26 Å². The summed E-state index contributed by atoms with van der Waals surface area (Å²) in [5.74, 6) is 0. The standard InChI is InChI=1S/C15H13NS2/c1-17-14-7-8-15(12(11-14)9-10-16)18-13-5-3-2-4-6-13/h2-8,11H,9H2,1H3. The summed E-state index contributed by atoms with van der Waals surface area (Å²) in [6, 6.07) is 18.8. The molecule has 0 radical (unpaired) electrons. The molecule has 2 aromatic rings. The molecule has 0 amide bonds. The molecule has 90 valence electrons. The minimum atomic E-state index is 0.462. The number of benzene rings is 2. The van der Waals surface area contributed by atoms with E-state index in [2.05, 4.69) is 42.7 Å². The molecule has 1 nitrogen and oxygen atoms in total. The van der Waals surface area contributed by atoms with E-state index in [1.807, 2.05) is 18.2 Å². The molecule has 0 aliphatic heterocycles. The lowest BCUT2D eigenvalue weighted by molar-refractivity contribution is 1.15. The molecule has 0 spiro atoms. The summed E-state index contributed by atoms with van der Waals surface area (Å²) in [6.45, 7) is 0. The van der Waals surface area contributed by atoms with Crippen LogP contribution in [0.2, 0.25) is 0 Å². The Bertz CT molecular complexity index is 558. The molecule has 0 aliphatic rings. The molecule has 0 aromatic heterocycles. The van der Waals surface area contributed by atoms with Crippen molar-refractivity contribution in [1.29, 1.82) is 5.26 Å². The second-order valence-electron chi connectivity index (χ2n) is 3.72. The van der Waals surface area contributed by atoms with E-state index in [0.717, 1.165) is 5.56 Å². The summed E-state index contributed by atoms with van der Waals surface area (Å²) in [5.41, 5.74) is 1.11. The van der Waals surface area contributed by atoms with Crippen LogP contribution in [0.3, 0.4) is 0 Å². The van der Waals surface area contributed by atoms with Gasteiger partial charge in [-0.3, -0.25) is 0 Å². The van der Waals surface area contributed by atoms with Gasteiger partial charge >= 0.3 is 0 Å². The van der Waals surface area contributed by atoms with E-state index in [1.165, 1.54) is 14.7 Å². The first-order chi connectivity index (χ1) is 8.83. The van der Waals surface area contributed by atoms with Gasteiger partial charge < -0.3 is 0 Å². The first-order valence-electron chi connectivity index (χ1n) is 5.60. The summed E-state index contributed by atoms with van der Waals surface area (Å²) in [7, 11) is 0. The van der Waals surface area contributed by atoms with Crippen LogP contribution in [-0.4, -0.2) is 6.26 Å². The zero-order chi connectivity index (χ0) is 12.8. The number of hydrogen-bond donors (Lipinski definition) is 0. The van der Waals surface area contributed by atoms with Crippen molar-refractivity contribution in [3.63, 3.8) is 0 Å². The Hall–Kier alpha value is -1.37. The van der Waals surface area contributed by atoms with Crippen LogP contribution in [-0.2, 0) is 6.42 Å². The van der Waals surface area contributed by atoms with Gasteiger partial charge in [0.2, 0.25) is 0 Å². The highest BCUT2D eigenvalue weighted by molar-refractivity contribution is 7.99. The monoisotopic (exact) mass is 271 g/mol. The minimum absolute atomic E-state index is 0.462. The molecule has 0 heterocycles. The van der Waals surface area contributed by atoms with Gasteiger partial charge in [0.05, 0.1) is 12.5 Å². The Labute approximate surface area is 116 Å². The Morgan fingerprint density at radius 3 is 2.50 bits per heavy atom. The van der Waals surface area contributed by atoms with Crippen LogP contribution in [0.1, 0.15) is 5.56 Å². The summed E-state index contributed by atoms with van der Waals surface area (Å²) in [4.78, 5) is 3.58. The lowest BCUT2D eigenvalue weighted by Gasteiger charge is -2.08. The first kappa shape index (κ1) is 13.1. The third kappa shape index (κ3) is 3.32. The molecule has 0 atom stereocenters. The second-order valence-corrected chi connectivity index (χ2v) is 5.72. The summed E-state index contributed by atoms with van der Waals surface area (Å²) < 4.78 is 0. The first-order valence-corrected chi connectivity index (χ1v) is 7.64. The highest BCUT2D eigenvalue weighted by Crippen LogP contribution is 2.32. The van der Waals surface area contributed by atoms with Crippen molar-refractivity contribution >= 4 is 23.5 Å². The average Bonchev–Trinajstić information content (AvgIpc) is 2.42. The summed E-state index contributed by atoms with van der Waals surface area (Å²) >= 11 is 3.42. The van der Waals surface area contributed by atoms with Crippen molar-refractivity contribution < 1.29 is 0 Å². The minimum Gasteiger partial charge on any atom is -0.198 e. The second kappa shape index (κ2) is 6.53. The fraction of sp³-hybridized carbons (Fsp3) is 0.133. The van der Waals surface area contributed by atoms with Gasteiger partial charge in [0.25, 0.3) is 0 Å². The van der Waals surface area contributed by atoms with Gasteiger partial charge in [-0.25, -0.2) is 0 Å². The highest BCUT2D eigenvalue weighted by Gasteiger charge is 2.05. The molecule has 0 fully saturated rings. The molecule has 0 saturated heterocycles. The Morgan fingerprint density at radius 1 is 1.06 bits per heavy atom. The number of thioether (sulfide) groups is 1. The van der Waals surface area contributed by atoms with E-state index in [1.54, 1.807) is 23.5 Å². The third-order valence-corrected chi connectivity index (χ3v) is 4.36. The third-order valence-electron chi connectivity index (χ3n) is 2.51. The predicted molar refractivity (Wildman–Crippen MR) is 78.1 cm³/mol. The summed E-state index contributed by atoms with van der Waals surface area (Å²) in [6.07, 6.45) is 2.51. The number of nitrogens with zero attached hydrogens (tertiary/aromatic N) is 1. The largest absolute Gasteiger partial charge is 0.198 e. The van der Waals surface area contributed by atoms with E-state index < -0.39 is 0 Å². The van der Waals surface area contributed by atoms with E-state index in [0.29, 0.717) is 6.42 Å². The van der Waals surface area contributed by atoms with Gasteiger partial charge in [-0.05, 0) is 42.2 Å². The molecule has 0 aliphatic carbocycles. The quantitative estimate of drug-likeness (QED) is 0.758. The molecule has 18 heavy (non-hydrogen) atoms. The molecule has 0 unspecified atom stereocenters. The molecular weight excluding hydrogens is 258 g/mol. The molecule has 2 rings (SSSR count). The maximum absolute atomic E-state index is 8.91. The van der Waals surface area contributed by atoms with E-state index in [-0.39, 0.29) is 0 Å². The highest BCUT2D eigenvalue weighted by atomic mass is 32.2. The van der Waals surface area contributed by atoms with E-state index >= 15 is 0 Å². The zero-order valence-electron chi connectivity index (χ0n) is 10.1. The Kier molecular flexibility index (Phi) is 4.74.